The molecule has 0 unspecified atom stereocenters. The molecular weight excluding hydrogens is 362 g/mol. The van der Waals surface area contributed by atoms with E-state index in [4.69, 9.17) is 4.74 Å². The summed E-state index contributed by atoms with van der Waals surface area (Å²) in [6, 6.07) is 3.52. The zero-order valence-corrected chi connectivity index (χ0v) is 13.8. The molecule has 1 heterocycles. The van der Waals surface area contributed by atoms with Crippen LogP contribution in [0.1, 0.15) is 19.8 Å². The summed E-state index contributed by atoms with van der Waals surface area (Å²) < 4.78 is 32.4. The SMILES string of the molecule is CCOc1ccc(Br)cc1S(=O)(=O)N1CCC[C@H]1C(=O)[O-]. The second-order valence-electron chi connectivity index (χ2n) is 4.62. The molecule has 0 bridgehead atoms. The lowest BCUT2D eigenvalue weighted by atomic mass is 10.2. The van der Waals surface area contributed by atoms with Gasteiger partial charge in [0.15, 0.2) is 0 Å². The summed E-state index contributed by atoms with van der Waals surface area (Å²) in [5.74, 6) is -1.16. The third-order valence-corrected chi connectivity index (χ3v) is 5.69. The fourth-order valence-corrected chi connectivity index (χ4v) is 4.67. The summed E-state index contributed by atoms with van der Waals surface area (Å²) in [6.07, 6.45) is 0.759. The number of carboxylic acid groups (broad SMARTS) is 1. The predicted molar refractivity (Wildman–Crippen MR) is 77.2 cm³/mol. The predicted octanol–water partition coefficient (Wildman–Crippen LogP) is 0.751. The van der Waals surface area contributed by atoms with Crippen molar-refractivity contribution in [3.63, 3.8) is 0 Å². The van der Waals surface area contributed by atoms with E-state index in [0.717, 1.165) is 4.31 Å². The zero-order valence-electron chi connectivity index (χ0n) is 11.4. The van der Waals surface area contributed by atoms with Crippen LogP contribution in [-0.4, -0.2) is 37.9 Å². The van der Waals surface area contributed by atoms with Gasteiger partial charge in [-0.25, -0.2) is 8.42 Å². The van der Waals surface area contributed by atoms with Crippen LogP contribution in [0.4, 0.5) is 0 Å². The second kappa shape index (κ2) is 6.33. The molecule has 0 saturated carbocycles. The molecule has 1 aromatic carbocycles. The lowest BCUT2D eigenvalue weighted by molar-refractivity contribution is -0.309. The molecule has 1 fully saturated rings. The van der Waals surface area contributed by atoms with Crippen LogP contribution in [0.3, 0.4) is 0 Å². The molecule has 2 rings (SSSR count). The summed E-state index contributed by atoms with van der Waals surface area (Å²) in [5, 5.41) is 11.1. The Morgan fingerprint density at radius 2 is 2.24 bits per heavy atom. The van der Waals surface area contributed by atoms with Crippen molar-refractivity contribution in [3.05, 3.63) is 22.7 Å². The molecule has 0 N–H and O–H groups in total. The fraction of sp³-hybridized carbons (Fsp3) is 0.462. The number of carbonyl (C=O) groups excluding carboxylic acids is 1. The Kier molecular flexibility index (Phi) is 4.90. The molecule has 1 atom stereocenters. The van der Waals surface area contributed by atoms with Crippen LogP contribution in [0.15, 0.2) is 27.6 Å². The number of benzene rings is 1. The van der Waals surface area contributed by atoms with Crippen molar-refractivity contribution >= 4 is 31.9 Å². The molecule has 0 aromatic heterocycles. The van der Waals surface area contributed by atoms with Crippen LogP contribution in [0.5, 0.6) is 5.75 Å². The van der Waals surface area contributed by atoms with Gasteiger partial charge in [0, 0.05) is 11.0 Å². The molecule has 0 radical (unpaired) electrons. The Balaban J connectivity index is 2.48. The average molecular weight is 377 g/mol. The van der Waals surface area contributed by atoms with E-state index in [1.807, 2.05) is 0 Å². The largest absolute Gasteiger partial charge is 0.548 e. The van der Waals surface area contributed by atoms with Crippen molar-refractivity contribution in [2.45, 2.75) is 30.7 Å². The quantitative estimate of drug-likeness (QED) is 0.756. The van der Waals surface area contributed by atoms with Crippen molar-refractivity contribution in [2.24, 2.45) is 0 Å². The number of nitrogens with zero attached hydrogens (tertiary/aromatic N) is 1. The highest BCUT2D eigenvalue weighted by molar-refractivity contribution is 9.10. The number of halogens is 1. The first-order valence-electron chi connectivity index (χ1n) is 6.53. The Labute approximate surface area is 131 Å². The highest BCUT2D eigenvalue weighted by Crippen LogP contribution is 2.33. The van der Waals surface area contributed by atoms with Gasteiger partial charge in [-0.05, 0) is 38.0 Å². The van der Waals surface area contributed by atoms with Gasteiger partial charge in [-0.3, -0.25) is 0 Å². The van der Waals surface area contributed by atoms with Crippen LogP contribution in [0.25, 0.3) is 0 Å². The van der Waals surface area contributed by atoms with Crippen molar-refractivity contribution < 1.29 is 23.1 Å². The Hall–Kier alpha value is -1.12. The lowest BCUT2D eigenvalue weighted by Crippen LogP contribution is -2.46. The highest BCUT2D eigenvalue weighted by Gasteiger charge is 2.37. The Morgan fingerprint density at radius 1 is 1.52 bits per heavy atom. The minimum Gasteiger partial charge on any atom is -0.548 e. The van der Waals surface area contributed by atoms with Gasteiger partial charge < -0.3 is 14.6 Å². The lowest BCUT2D eigenvalue weighted by Gasteiger charge is -2.25. The van der Waals surface area contributed by atoms with Crippen molar-refractivity contribution in [2.75, 3.05) is 13.2 Å². The van der Waals surface area contributed by atoms with E-state index in [2.05, 4.69) is 15.9 Å². The molecule has 116 valence electrons. The maximum Gasteiger partial charge on any atom is 0.247 e. The van der Waals surface area contributed by atoms with Crippen molar-refractivity contribution in [1.82, 2.24) is 4.31 Å². The third kappa shape index (κ3) is 3.22. The number of sulfonamides is 1. The first-order chi connectivity index (χ1) is 9.87. The summed E-state index contributed by atoms with van der Waals surface area (Å²) in [7, 11) is -3.95. The van der Waals surface area contributed by atoms with Gasteiger partial charge in [-0.1, -0.05) is 15.9 Å². The van der Waals surface area contributed by atoms with Gasteiger partial charge in [0.25, 0.3) is 0 Å². The minimum absolute atomic E-state index is 0.0353. The van der Waals surface area contributed by atoms with E-state index in [1.165, 1.54) is 6.07 Å². The topological polar surface area (TPSA) is 86.7 Å². The van der Waals surface area contributed by atoms with Crippen LogP contribution >= 0.6 is 15.9 Å². The fourth-order valence-electron chi connectivity index (χ4n) is 2.35. The molecular formula is C13H15BrNO5S-. The normalized spacial score (nSPS) is 19.6. The van der Waals surface area contributed by atoms with E-state index < -0.39 is 22.0 Å². The Morgan fingerprint density at radius 3 is 2.86 bits per heavy atom. The first kappa shape index (κ1) is 16.3. The maximum atomic E-state index is 12.7. The molecule has 21 heavy (non-hydrogen) atoms. The first-order valence-corrected chi connectivity index (χ1v) is 8.76. The van der Waals surface area contributed by atoms with Crippen molar-refractivity contribution in [1.29, 1.82) is 0 Å². The molecule has 1 aromatic rings. The summed E-state index contributed by atoms with van der Waals surface area (Å²) in [4.78, 5) is 11.1. The molecule has 1 aliphatic heterocycles. The monoisotopic (exact) mass is 376 g/mol. The summed E-state index contributed by atoms with van der Waals surface area (Å²) >= 11 is 3.23. The molecule has 0 spiro atoms. The molecule has 1 aliphatic rings. The Bertz CT molecular complexity index is 646. The number of rotatable bonds is 5. The van der Waals surface area contributed by atoms with Crippen LogP contribution < -0.4 is 9.84 Å². The number of aliphatic carboxylic acids is 1. The molecule has 6 nitrogen and oxygen atoms in total. The smallest absolute Gasteiger partial charge is 0.247 e. The van der Waals surface area contributed by atoms with Gasteiger partial charge in [0.2, 0.25) is 10.0 Å². The highest BCUT2D eigenvalue weighted by atomic mass is 79.9. The zero-order chi connectivity index (χ0) is 15.6. The number of carboxylic acids is 1. The van der Waals surface area contributed by atoms with E-state index in [9.17, 15) is 18.3 Å². The van der Waals surface area contributed by atoms with E-state index in [0.29, 0.717) is 17.5 Å². The van der Waals surface area contributed by atoms with E-state index in [1.54, 1.807) is 19.1 Å². The summed E-state index contributed by atoms with van der Waals surface area (Å²) in [5.41, 5.74) is 0. The van der Waals surface area contributed by atoms with Gasteiger partial charge in [0.1, 0.15) is 10.6 Å². The maximum absolute atomic E-state index is 12.7. The van der Waals surface area contributed by atoms with Crippen LogP contribution in [0, 0.1) is 0 Å². The standard InChI is InChI=1S/C13H16BrNO5S/c1-2-20-11-6-5-9(14)8-12(11)21(18,19)15-7-3-4-10(15)13(16)17/h5-6,8,10H,2-4,7H2,1H3,(H,16,17)/p-1/t10-/m0/s1. The number of carbonyl (C=O) groups is 1. The van der Waals surface area contributed by atoms with Crippen LogP contribution in [0.2, 0.25) is 0 Å². The van der Waals surface area contributed by atoms with Gasteiger partial charge in [-0.15, -0.1) is 0 Å². The minimum atomic E-state index is -3.95. The van der Waals surface area contributed by atoms with E-state index >= 15 is 0 Å². The number of hydrogen-bond donors (Lipinski definition) is 0. The van der Waals surface area contributed by atoms with Crippen LogP contribution in [-0.2, 0) is 14.8 Å². The van der Waals surface area contributed by atoms with Crippen molar-refractivity contribution in [3.8, 4) is 5.75 Å². The molecule has 0 amide bonds. The third-order valence-electron chi connectivity index (χ3n) is 3.27. The molecule has 0 aliphatic carbocycles. The second-order valence-corrected chi connectivity index (χ2v) is 7.39. The molecule has 8 heteroatoms. The number of hydrogen-bond acceptors (Lipinski definition) is 5. The van der Waals surface area contributed by atoms with Gasteiger partial charge >= 0.3 is 0 Å². The van der Waals surface area contributed by atoms with Gasteiger partial charge in [-0.2, -0.15) is 4.31 Å². The average Bonchev–Trinajstić information content (AvgIpc) is 2.91. The number of ether oxygens (including phenoxy) is 1. The molecule has 1 saturated heterocycles. The van der Waals surface area contributed by atoms with Gasteiger partial charge in [0.05, 0.1) is 18.6 Å². The van der Waals surface area contributed by atoms with E-state index in [-0.39, 0.29) is 23.6 Å². The summed E-state index contributed by atoms with van der Waals surface area (Å²) in [6.45, 7) is 2.23.